The Hall–Kier alpha value is 1.43. The molecule has 0 fully saturated rings. The molecule has 0 atom stereocenters. The Morgan fingerprint density at radius 3 is 1.29 bits per heavy atom. The molecule has 1 radical (unpaired) electrons. The van der Waals surface area contributed by atoms with E-state index in [4.69, 9.17) is 0 Å². The Labute approximate surface area is 131 Å². The maximum atomic E-state index is 3.59. The van der Waals surface area contributed by atoms with Gasteiger partial charge < -0.3 is 25.8 Å². The van der Waals surface area contributed by atoms with E-state index in [1.807, 2.05) is 27.9 Å². The summed E-state index contributed by atoms with van der Waals surface area (Å²) < 4.78 is 0. The predicted molar refractivity (Wildman–Crippen MR) is 60.8 cm³/mol. The summed E-state index contributed by atoms with van der Waals surface area (Å²) in [5.41, 5.74) is 0.0139. The summed E-state index contributed by atoms with van der Waals surface area (Å²) in [4.78, 5) is 2.07. The first-order valence-corrected chi connectivity index (χ1v) is 3.72. The fourth-order valence-corrected chi connectivity index (χ4v) is 0.158. The smallest absolute Gasteiger partial charge is 0.483 e. The number of likely N-dealkylation sites (N-methyl/N-ethyl adjacent to an activating group) is 1. The second-order valence-corrected chi connectivity index (χ2v) is 2.63. The Bertz CT molecular complexity index is 93.3. The molecule has 0 heterocycles. The zero-order valence-electron chi connectivity index (χ0n) is 11.4. The third kappa shape index (κ3) is 19.1. The maximum Gasteiger partial charge on any atom is 2.00 e. The van der Waals surface area contributed by atoms with Crippen molar-refractivity contribution in [3.05, 3.63) is 27.5 Å². The van der Waals surface area contributed by atoms with Gasteiger partial charge in [-0.05, 0) is 14.1 Å². The van der Waals surface area contributed by atoms with Crippen LogP contribution in [0.5, 0.6) is 0 Å². The molecule has 0 aromatic carbocycles. The van der Waals surface area contributed by atoms with Gasteiger partial charge in [0, 0.05) is 32.7 Å². The van der Waals surface area contributed by atoms with Crippen LogP contribution in [0, 0.1) is 20.9 Å². The van der Waals surface area contributed by atoms with Crippen LogP contribution in [-0.4, -0.2) is 24.5 Å². The average Bonchev–Trinajstić information content (AvgIpc) is 1.92. The molecule has 0 aliphatic carbocycles. The molecule has 0 unspecified atom stereocenters. The van der Waals surface area contributed by atoms with Gasteiger partial charge in [-0.1, -0.05) is 27.7 Å². The Balaban J connectivity index is -0.0000000250. The van der Waals surface area contributed by atoms with E-state index in [0.29, 0.717) is 0 Å². The van der Waals surface area contributed by atoms with Crippen LogP contribution in [-0.2, 0) is 52.2 Å². The van der Waals surface area contributed by atoms with Crippen LogP contribution in [0.2, 0.25) is 0 Å². The minimum atomic E-state index is 0. The summed E-state index contributed by atoms with van der Waals surface area (Å²) in [6.45, 7) is 11.7. The largest absolute Gasteiger partial charge is 2.00 e. The number of hydrogen-bond acceptors (Lipinski definition) is 1. The molecule has 0 aliphatic heterocycles. The van der Waals surface area contributed by atoms with Gasteiger partial charge in [-0.25, -0.2) is 0 Å². The molecule has 0 amide bonds. The second kappa shape index (κ2) is 19.9. The van der Waals surface area contributed by atoms with Gasteiger partial charge in [0.2, 0.25) is 0 Å². The Morgan fingerprint density at radius 2 is 1.29 bits per heavy atom. The minimum Gasteiger partial charge on any atom is -0.483 e. The van der Waals surface area contributed by atoms with Gasteiger partial charge in [0.05, 0.1) is 0 Å². The van der Waals surface area contributed by atoms with Gasteiger partial charge in [0.25, 0.3) is 0 Å². The molecule has 0 bridgehead atoms. The summed E-state index contributed by atoms with van der Waals surface area (Å²) in [6, 6.07) is 0. The third-order valence-corrected chi connectivity index (χ3v) is 1.55. The van der Waals surface area contributed by atoms with E-state index >= 15 is 0 Å². The van der Waals surface area contributed by atoms with Gasteiger partial charge in [-0.15, -0.1) is 5.54 Å². The van der Waals surface area contributed by atoms with Crippen LogP contribution in [0.4, 0.5) is 0 Å². The first-order valence-electron chi connectivity index (χ1n) is 3.72. The first-order chi connectivity index (χ1) is 4.50. The molecule has 1 nitrogen and oxygen atoms in total. The van der Waals surface area contributed by atoms with Crippen molar-refractivity contribution in [3.8, 4) is 0 Å². The fraction of sp³-hybridized carbons (Fsp3) is 0.636. The quantitative estimate of drug-likeness (QED) is 0.556. The van der Waals surface area contributed by atoms with E-state index in [2.05, 4.69) is 31.4 Å². The molecule has 3 heteroatoms. The summed E-state index contributed by atoms with van der Waals surface area (Å²) in [5, 5.41) is 0. The second-order valence-electron chi connectivity index (χ2n) is 2.63. The van der Waals surface area contributed by atoms with Crippen molar-refractivity contribution >= 4 is 0 Å². The molecule has 0 aromatic heterocycles. The van der Waals surface area contributed by atoms with Crippen LogP contribution in [0.15, 0.2) is 6.58 Å². The van der Waals surface area contributed by atoms with Gasteiger partial charge in [-0.3, -0.25) is 6.58 Å². The van der Waals surface area contributed by atoms with Crippen LogP contribution < -0.4 is 0 Å². The number of nitrogens with zero attached hydrogens (tertiary/aromatic N) is 1. The summed E-state index contributed by atoms with van der Waals surface area (Å²) in [5.74, 6) is 0. The van der Waals surface area contributed by atoms with Crippen molar-refractivity contribution in [2.45, 2.75) is 33.2 Å². The van der Waals surface area contributed by atoms with E-state index < -0.39 is 0 Å². The molecule has 0 saturated carbocycles. The van der Waals surface area contributed by atoms with Crippen molar-refractivity contribution in [3.63, 3.8) is 0 Å². The first kappa shape index (κ1) is 36.1. The van der Waals surface area contributed by atoms with Gasteiger partial charge >= 0.3 is 19.5 Å². The SMILES string of the molecule is C=[C-]C(C)(C)N(C)C.CC.[CH3-].[CH3-].[Y].[Zn+2]. The van der Waals surface area contributed by atoms with E-state index in [0.717, 1.165) is 0 Å². The summed E-state index contributed by atoms with van der Waals surface area (Å²) in [6.07, 6.45) is 2.92. The molecule has 81 valence electrons. The maximum absolute atomic E-state index is 3.59. The van der Waals surface area contributed by atoms with Gasteiger partial charge in [0.15, 0.2) is 0 Å². The summed E-state index contributed by atoms with van der Waals surface area (Å²) >= 11 is 0. The fourth-order valence-electron chi connectivity index (χ4n) is 0.158. The van der Waals surface area contributed by atoms with Crippen LogP contribution in [0.3, 0.4) is 0 Å². The average molecular weight is 327 g/mol. The van der Waals surface area contributed by atoms with Crippen molar-refractivity contribution in [1.82, 2.24) is 4.90 Å². The van der Waals surface area contributed by atoms with E-state index in [-0.39, 0.29) is 72.6 Å². The molecule has 0 rings (SSSR count). The van der Waals surface area contributed by atoms with Crippen molar-refractivity contribution < 1.29 is 52.2 Å². The Kier molecular flexibility index (Phi) is 51.4. The molecular formula is C11H26NYZn-. The molecule has 0 aliphatic rings. The molecule has 0 spiro atoms. The van der Waals surface area contributed by atoms with Crippen molar-refractivity contribution in [2.24, 2.45) is 0 Å². The predicted octanol–water partition coefficient (Wildman–Crippen LogP) is 3.24. The van der Waals surface area contributed by atoms with Crippen LogP contribution in [0.25, 0.3) is 0 Å². The Morgan fingerprint density at radius 1 is 1.07 bits per heavy atom. The van der Waals surface area contributed by atoms with Crippen molar-refractivity contribution in [2.75, 3.05) is 14.1 Å². The van der Waals surface area contributed by atoms with E-state index in [9.17, 15) is 0 Å². The van der Waals surface area contributed by atoms with E-state index in [1.54, 1.807) is 0 Å². The third-order valence-electron chi connectivity index (χ3n) is 1.55. The van der Waals surface area contributed by atoms with Crippen LogP contribution >= 0.6 is 0 Å². The van der Waals surface area contributed by atoms with Gasteiger partial charge in [-0.2, -0.15) is 0 Å². The molecule has 0 saturated heterocycles. The summed E-state index contributed by atoms with van der Waals surface area (Å²) in [7, 11) is 4.02. The van der Waals surface area contributed by atoms with E-state index in [1.165, 1.54) is 0 Å². The molecule has 0 aromatic rings. The monoisotopic (exact) mass is 325 g/mol. The number of hydrogen-bond donors (Lipinski definition) is 0. The topological polar surface area (TPSA) is 3.24 Å². The van der Waals surface area contributed by atoms with Crippen LogP contribution in [0.1, 0.15) is 27.7 Å². The molecule has 14 heavy (non-hydrogen) atoms. The standard InChI is InChI=1S/C7H14N.C2H6.2CH3.Y.Zn/c1-6-7(2,3)8(4)5;1-2;;;;/h1H2,2-5H3;1-2H3;2*1H3;;/q-1;;2*-1;;+2. The zero-order valence-corrected chi connectivity index (χ0v) is 17.2. The molecular weight excluding hydrogens is 300 g/mol. The molecule has 0 N–H and O–H groups in total. The zero-order chi connectivity index (χ0) is 8.78. The number of rotatable bonds is 2. The normalized spacial score (nSPS) is 7.36. The van der Waals surface area contributed by atoms with Gasteiger partial charge in [0.1, 0.15) is 0 Å². The minimum absolute atomic E-state index is 0. The van der Waals surface area contributed by atoms with Crippen molar-refractivity contribution in [1.29, 1.82) is 0 Å².